The van der Waals surface area contributed by atoms with Crippen molar-refractivity contribution in [3.63, 3.8) is 0 Å². The van der Waals surface area contributed by atoms with Crippen LogP contribution in [-0.2, 0) is 17.7 Å². The molecule has 0 spiro atoms. The number of rotatable bonds is 8. The first-order valence-electron chi connectivity index (χ1n) is 13.7. The van der Waals surface area contributed by atoms with Gasteiger partial charge in [-0.25, -0.2) is 0 Å². The first-order chi connectivity index (χ1) is 23.5. The molecule has 2 aromatic carbocycles. The zero-order chi connectivity index (χ0) is 35.0. The number of carboxylic acids is 2. The standard InChI is InChI=1S/2C17H8F3N2O2.Ir/c2*18-11-8-10(9-4-6-22-13(7-9)17(23)24)14(16(20)15(11)19)12-3-1-2-5-21-12;/h2*1-6,8H,(H,23,24);. The molecule has 0 radical (unpaired) electrons. The fraction of sp³-hybridized carbons (Fsp3) is 0. The summed E-state index contributed by atoms with van der Waals surface area (Å²) in [5, 5.41) is 20.3. The summed E-state index contributed by atoms with van der Waals surface area (Å²) in [5.41, 5.74) is -3.65. The molecule has 4 heterocycles. The molecule has 0 saturated heterocycles. The van der Waals surface area contributed by atoms with Gasteiger partial charge >= 0.3 is 280 Å². The maximum atomic E-state index is 15.5. The van der Waals surface area contributed by atoms with Crippen molar-refractivity contribution in [1.29, 1.82) is 0 Å². The number of hydrogen-bond acceptors (Lipinski definition) is 6. The molecule has 4 aromatic heterocycles. The number of halogens is 6. The van der Waals surface area contributed by atoms with E-state index in [0.29, 0.717) is 12.1 Å². The summed E-state index contributed by atoms with van der Waals surface area (Å²) in [6, 6.07) is 12.2. The Morgan fingerprint density at radius 1 is 0.510 bits per heavy atom. The molecule has 0 aliphatic rings. The zero-order valence-corrected chi connectivity index (χ0v) is 26.6. The van der Waals surface area contributed by atoms with Crippen molar-refractivity contribution in [2.24, 2.45) is 0 Å². The van der Waals surface area contributed by atoms with E-state index in [1.54, 1.807) is 0 Å². The van der Waals surface area contributed by atoms with Gasteiger partial charge in [0.1, 0.15) is 0 Å². The van der Waals surface area contributed by atoms with Gasteiger partial charge in [0, 0.05) is 0 Å². The van der Waals surface area contributed by atoms with Crippen molar-refractivity contribution in [2.45, 2.75) is 0 Å². The predicted molar refractivity (Wildman–Crippen MR) is 159 cm³/mol. The number of aromatic nitrogens is 4. The van der Waals surface area contributed by atoms with Gasteiger partial charge < -0.3 is 0 Å². The molecule has 0 fully saturated rings. The van der Waals surface area contributed by atoms with E-state index in [-0.39, 0.29) is 41.8 Å². The summed E-state index contributed by atoms with van der Waals surface area (Å²) in [5.74, 6) is -13.3. The van der Waals surface area contributed by atoms with Crippen LogP contribution in [0.5, 0.6) is 0 Å². The molecule has 49 heavy (non-hydrogen) atoms. The van der Waals surface area contributed by atoms with Crippen LogP contribution in [0.15, 0.2) is 85.5 Å². The Hall–Kier alpha value is -5.79. The van der Waals surface area contributed by atoms with Gasteiger partial charge in [-0.3, -0.25) is 0 Å². The van der Waals surface area contributed by atoms with Crippen LogP contribution in [-0.4, -0.2) is 42.1 Å². The molecular formula is C34H16F6IrN4O4. The number of hydrogen-bond donors (Lipinski definition) is 2. The van der Waals surface area contributed by atoms with E-state index in [0.717, 1.165) is 12.4 Å². The van der Waals surface area contributed by atoms with Gasteiger partial charge in [-0.2, -0.15) is 0 Å². The molecule has 0 aliphatic carbocycles. The Morgan fingerprint density at radius 2 is 0.918 bits per heavy atom. The average molecular weight is 851 g/mol. The quantitative estimate of drug-likeness (QED) is 0.137. The summed E-state index contributed by atoms with van der Waals surface area (Å²) in [6.07, 6.45) is 4.60. The molecule has 2 N–H and O–H groups in total. The Morgan fingerprint density at radius 3 is 1.27 bits per heavy atom. The molecule has 8 nitrogen and oxygen atoms in total. The molecule has 0 atom stereocenters. The van der Waals surface area contributed by atoms with Crippen molar-refractivity contribution < 1.29 is 63.8 Å². The minimum absolute atomic E-state index is 0.140. The van der Waals surface area contributed by atoms with Crippen LogP contribution < -0.4 is 8.15 Å². The van der Waals surface area contributed by atoms with Gasteiger partial charge in [0.05, 0.1) is 0 Å². The topological polar surface area (TPSA) is 126 Å². The Kier molecular flexibility index (Phi) is 9.04. The van der Waals surface area contributed by atoms with Crippen LogP contribution >= 0.6 is 0 Å². The van der Waals surface area contributed by atoms with Gasteiger partial charge in [-0.15, -0.1) is 0 Å². The first-order valence-corrected chi connectivity index (χ1v) is 16.1. The SMILES string of the molecule is O=C(O)c1nccc(-c2cc(F)c(F)c(F)c2-c2ccccn2)[c]1[Ir][c]1c(-c2cc(F)c(F)c(F)c2-c2ccccn2)ccnc1C(=O)O. The Balaban J connectivity index is 1.69. The van der Waals surface area contributed by atoms with Crippen molar-refractivity contribution in [1.82, 2.24) is 19.9 Å². The molecule has 15 heteroatoms. The molecular weight excluding hydrogens is 835 g/mol. The van der Waals surface area contributed by atoms with Gasteiger partial charge in [-0.05, 0) is 0 Å². The molecule has 0 unspecified atom stereocenters. The number of nitrogens with zero attached hydrogens (tertiary/aromatic N) is 4. The van der Waals surface area contributed by atoms with Crippen molar-refractivity contribution >= 4 is 20.1 Å². The summed E-state index contributed by atoms with van der Waals surface area (Å²) >= 11 is -2.40. The van der Waals surface area contributed by atoms with Crippen LogP contribution in [0.25, 0.3) is 44.8 Å². The molecule has 0 amide bonds. The summed E-state index contributed by atoms with van der Waals surface area (Å²) in [6.45, 7) is 0. The number of carboxylic acid groups (broad SMARTS) is 2. The number of aromatic carboxylic acids is 2. The minimum atomic E-state index is -2.40. The van der Waals surface area contributed by atoms with E-state index in [9.17, 15) is 37.4 Å². The summed E-state index contributed by atoms with van der Waals surface area (Å²) in [7, 11) is 0. The van der Waals surface area contributed by atoms with Gasteiger partial charge in [0.25, 0.3) is 0 Å². The summed E-state index contributed by atoms with van der Waals surface area (Å²) in [4.78, 5) is 41.0. The third kappa shape index (κ3) is 6.05. The maximum absolute atomic E-state index is 15.5. The second kappa shape index (κ2) is 13.4. The second-order valence-electron chi connectivity index (χ2n) is 9.94. The third-order valence-electron chi connectivity index (χ3n) is 7.05. The van der Waals surface area contributed by atoms with E-state index in [1.807, 2.05) is 0 Å². The van der Waals surface area contributed by atoms with Gasteiger partial charge in [0.2, 0.25) is 0 Å². The van der Waals surface area contributed by atoms with Crippen LogP contribution in [0.4, 0.5) is 26.3 Å². The van der Waals surface area contributed by atoms with Crippen LogP contribution in [0.1, 0.15) is 21.0 Å². The van der Waals surface area contributed by atoms with Crippen LogP contribution in [0, 0.1) is 34.9 Å². The molecule has 6 rings (SSSR count). The molecule has 247 valence electrons. The van der Waals surface area contributed by atoms with Gasteiger partial charge in [-0.1, -0.05) is 0 Å². The fourth-order valence-electron chi connectivity index (χ4n) is 4.96. The van der Waals surface area contributed by atoms with E-state index in [1.165, 1.54) is 60.9 Å². The average Bonchev–Trinajstić information content (AvgIpc) is 3.10. The Labute approximate surface area is 279 Å². The molecule has 0 saturated carbocycles. The monoisotopic (exact) mass is 851 g/mol. The second-order valence-corrected chi connectivity index (χ2v) is 12.9. The molecule has 6 aromatic rings. The number of pyridine rings is 4. The number of benzene rings is 2. The van der Waals surface area contributed by atoms with Gasteiger partial charge in [0.15, 0.2) is 0 Å². The Bertz CT molecular complexity index is 2140. The first kappa shape index (κ1) is 33.1. The van der Waals surface area contributed by atoms with Crippen LogP contribution in [0.2, 0.25) is 0 Å². The number of carbonyl (C=O) groups is 2. The van der Waals surface area contributed by atoms with Crippen LogP contribution in [0.3, 0.4) is 0 Å². The van der Waals surface area contributed by atoms with Crippen molar-refractivity contribution in [2.75, 3.05) is 0 Å². The summed E-state index contributed by atoms with van der Waals surface area (Å²) < 4.78 is 89.6. The van der Waals surface area contributed by atoms with E-state index >= 15 is 8.78 Å². The molecule has 0 bridgehead atoms. The van der Waals surface area contributed by atoms with Crippen molar-refractivity contribution in [3.05, 3.63) is 132 Å². The normalized spacial score (nSPS) is 11.1. The van der Waals surface area contributed by atoms with E-state index in [2.05, 4.69) is 19.9 Å². The third-order valence-corrected chi connectivity index (χ3v) is 10.7. The van der Waals surface area contributed by atoms with Crippen molar-refractivity contribution in [3.8, 4) is 44.8 Å². The fourth-order valence-corrected chi connectivity index (χ4v) is 8.63. The molecule has 0 aliphatic heterocycles. The zero-order valence-electron chi connectivity index (χ0n) is 24.2. The predicted octanol–water partition coefficient (Wildman–Crippen LogP) is 6.20. The van der Waals surface area contributed by atoms with E-state index in [4.69, 9.17) is 0 Å². The van der Waals surface area contributed by atoms with E-state index < -0.39 is 87.1 Å².